The summed E-state index contributed by atoms with van der Waals surface area (Å²) >= 11 is 0. The lowest BCUT2D eigenvalue weighted by Gasteiger charge is -2.17. The highest BCUT2D eigenvalue weighted by atomic mass is 19.1. The summed E-state index contributed by atoms with van der Waals surface area (Å²) in [7, 11) is 0. The Balaban J connectivity index is 1.76. The molecule has 0 aliphatic heterocycles. The van der Waals surface area contributed by atoms with Crippen LogP contribution in [0.15, 0.2) is 42.9 Å². The minimum atomic E-state index is -0.326. The Hall–Kier alpha value is -3.62. The SMILES string of the molecule is Cc1cc(NC(=O)CC(C)(C)C)n(-c2ncnc3c2cnn3-c2ccc(F)cc2)n1. The van der Waals surface area contributed by atoms with Crippen LogP contribution in [-0.2, 0) is 4.79 Å². The van der Waals surface area contributed by atoms with Crippen LogP contribution in [0.5, 0.6) is 0 Å². The summed E-state index contributed by atoms with van der Waals surface area (Å²) in [5.74, 6) is 0.591. The van der Waals surface area contributed by atoms with Crippen LogP contribution < -0.4 is 5.32 Å². The molecule has 0 radical (unpaired) electrons. The van der Waals surface area contributed by atoms with Gasteiger partial charge in [-0.25, -0.2) is 19.0 Å². The predicted octanol–water partition coefficient (Wildman–Crippen LogP) is 3.82. The van der Waals surface area contributed by atoms with Crippen molar-refractivity contribution in [3.05, 3.63) is 54.4 Å². The summed E-state index contributed by atoms with van der Waals surface area (Å²) in [6.07, 6.45) is 3.42. The highest BCUT2D eigenvalue weighted by Gasteiger charge is 2.20. The standard InChI is InChI=1S/C21H22FN7O/c1-13-9-17(26-18(30)10-21(2,3)4)29(27-13)20-16-11-25-28(19(16)23-12-24-20)15-7-5-14(22)6-8-15/h5-9,11-12H,10H2,1-4H3,(H,26,30). The third kappa shape index (κ3) is 3.91. The molecule has 30 heavy (non-hydrogen) atoms. The van der Waals surface area contributed by atoms with Gasteiger partial charge in [0.1, 0.15) is 18.0 Å². The minimum Gasteiger partial charge on any atom is -0.311 e. The number of nitrogens with one attached hydrogen (secondary N) is 1. The van der Waals surface area contributed by atoms with Crippen LogP contribution in [0.1, 0.15) is 32.9 Å². The van der Waals surface area contributed by atoms with Gasteiger partial charge in [-0.05, 0) is 36.6 Å². The number of halogens is 1. The second-order valence-electron chi connectivity index (χ2n) is 8.34. The summed E-state index contributed by atoms with van der Waals surface area (Å²) in [6.45, 7) is 7.86. The van der Waals surface area contributed by atoms with Gasteiger partial charge in [0.25, 0.3) is 0 Å². The van der Waals surface area contributed by atoms with Gasteiger partial charge in [0.2, 0.25) is 5.91 Å². The Kier molecular flexibility index (Phi) is 4.81. The van der Waals surface area contributed by atoms with Crippen molar-refractivity contribution in [2.24, 2.45) is 5.41 Å². The van der Waals surface area contributed by atoms with E-state index >= 15 is 0 Å². The van der Waals surface area contributed by atoms with E-state index in [0.29, 0.717) is 34.8 Å². The number of fused-ring (bicyclic) bond motifs is 1. The number of anilines is 1. The number of aryl methyl sites for hydroxylation is 1. The van der Waals surface area contributed by atoms with E-state index in [9.17, 15) is 9.18 Å². The van der Waals surface area contributed by atoms with E-state index < -0.39 is 0 Å². The van der Waals surface area contributed by atoms with Crippen molar-refractivity contribution in [3.8, 4) is 11.5 Å². The van der Waals surface area contributed by atoms with Gasteiger partial charge in [-0.3, -0.25) is 4.79 Å². The molecule has 4 rings (SSSR count). The molecule has 0 fully saturated rings. The van der Waals surface area contributed by atoms with Crippen molar-refractivity contribution in [3.63, 3.8) is 0 Å². The maximum absolute atomic E-state index is 13.3. The van der Waals surface area contributed by atoms with Gasteiger partial charge in [-0.1, -0.05) is 20.8 Å². The average molecular weight is 407 g/mol. The Morgan fingerprint density at radius 3 is 2.57 bits per heavy atom. The quantitative estimate of drug-likeness (QED) is 0.555. The molecule has 8 nitrogen and oxygen atoms in total. The number of rotatable bonds is 4. The molecule has 3 heterocycles. The molecule has 0 aliphatic carbocycles. The number of nitrogens with zero attached hydrogens (tertiary/aromatic N) is 6. The Labute approximate surface area is 172 Å². The van der Waals surface area contributed by atoms with Gasteiger partial charge < -0.3 is 5.32 Å². The fourth-order valence-electron chi connectivity index (χ4n) is 3.19. The fourth-order valence-corrected chi connectivity index (χ4v) is 3.19. The van der Waals surface area contributed by atoms with E-state index in [4.69, 9.17) is 0 Å². The first-order valence-electron chi connectivity index (χ1n) is 9.53. The van der Waals surface area contributed by atoms with E-state index in [1.54, 1.807) is 33.8 Å². The lowest BCUT2D eigenvalue weighted by atomic mass is 9.92. The lowest BCUT2D eigenvalue weighted by molar-refractivity contribution is -0.117. The van der Waals surface area contributed by atoms with Gasteiger partial charge in [0.15, 0.2) is 11.5 Å². The molecule has 0 bridgehead atoms. The minimum absolute atomic E-state index is 0.101. The molecule has 9 heteroatoms. The van der Waals surface area contributed by atoms with Crippen LogP contribution in [-0.4, -0.2) is 35.4 Å². The van der Waals surface area contributed by atoms with Crippen molar-refractivity contribution in [1.82, 2.24) is 29.5 Å². The van der Waals surface area contributed by atoms with Crippen LogP contribution >= 0.6 is 0 Å². The molecule has 0 saturated heterocycles. The number of aromatic nitrogens is 6. The number of benzene rings is 1. The van der Waals surface area contributed by atoms with Gasteiger partial charge in [0, 0.05) is 12.5 Å². The summed E-state index contributed by atoms with van der Waals surface area (Å²) < 4.78 is 16.5. The fraction of sp³-hybridized carbons (Fsp3) is 0.286. The van der Waals surface area contributed by atoms with Crippen LogP contribution in [0.4, 0.5) is 10.2 Å². The number of carbonyl (C=O) groups is 1. The zero-order valence-corrected chi connectivity index (χ0v) is 17.2. The first kappa shape index (κ1) is 19.7. The molecule has 0 aliphatic rings. The van der Waals surface area contributed by atoms with Crippen molar-refractivity contribution in [2.75, 3.05) is 5.32 Å². The summed E-state index contributed by atoms with van der Waals surface area (Å²) in [5.41, 5.74) is 1.82. The highest BCUT2D eigenvalue weighted by molar-refractivity contribution is 5.91. The smallest absolute Gasteiger partial charge is 0.226 e. The normalized spacial score (nSPS) is 11.8. The van der Waals surface area contributed by atoms with E-state index in [-0.39, 0.29) is 17.1 Å². The molecule has 3 aromatic heterocycles. The molecular weight excluding hydrogens is 385 g/mol. The number of hydrogen-bond acceptors (Lipinski definition) is 5. The second-order valence-corrected chi connectivity index (χ2v) is 8.34. The first-order valence-corrected chi connectivity index (χ1v) is 9.53. The topological polar surface area (TPSA) is 90.5 Å². The molecule has 1 amide bonds. The summed E-state index contributed by atoms with van der Waals surface area (Å²) in [5, 5.41) is 12.5. The van der Waals surface area contributed by atoms with Gasteiger partial charge in [-0.2, -0.15) is 14.9 Å². The molecule has 1 N–H and O–H groups in total. The maximum atomic E-state index is 13.3. The highest BCUT2D eigenvalue weighted by Crippen LogP contribution is 2.25. The molecule has 154 valence electrons. The predicted molar refractivity (Wildman–Crippen MR) is 111 cm³/mol. The molecule has 0 unspecified atom stereocenters. The molecule has 0 saturated carbocycles. The van der Waals surface area contributed by atoms with Crippen LogP contribution in [0, 0.1) is 18.2 Å². The van der Waals surface area contributed by atoms with Crippen molar-refractivity contribution >= 4 is 22.8 Å². The monoisotopic (exact) mass is 407 g/mol. The number of hydrogen-bond donors (Lipinski definition) is 1. The van der Waals surface area contributed by atoms with Crippen LogP contribution in [0.3, 0.4) is 0 Å². The molecule has 1 aromatic carbocycles. The van der Waals surface area contributed by atoms with Crippen molar-refractivity contribution in [2.45, 2.75) is 34.1 Å². The van der Waals surface area contributed by atoms with Crippen molar-refractivity contribution in [1.29, 1.82) is 0 Å². The number of carbonyl (C=O) groups excluding carboxylic acids is 1. The lowest BCUT2D eigenvalue weighted by Crippen LogP contribution is -2.21. The van der Waals surface area contributed by atoms with Gasteiger partial charge in [0.05, 0.1) is 23.0 Å². The second kappa shape index (κ2) is 7.33. The van der Waals surface area contributed by atoms with Crippen molar-refractivity contribution < 1.29 is 9.18 Å². The molecule has 4 aromatic rings. The molecular formula is C21H22FN7O. The number of amides is 1. The Morgan fingerprint density at radius 2 is 1.87 bits per heavy atom. The third-order valence-electron chi connectivity index (χ3n) is 4.41. The van der Waals surface area contributed by atoms with E-state index in [2.05, 4.69) is 25.5 Å². The molecule has 0 spiro atoms. The Bertz CT molecular complexity index is 1220. The zero-order chi connectivity index (χ0) is 21.5. The first-order chi connectivity index (χ1) is 14.2. The van der Waals surface area contributed by atoms with Gasteiger partial charge >= 0.3 is 0 Å². The average Bonchev–Trinajstić information content (AvgIpc) is 3.24. The third-order valence-corrected chi connectivity index (χ3v) is 4.41. The zero-order valence-electron chi connectivity index (χ0n) is 17.2. The Morgan fingerprint density at radius 1 is 1.13 bits per heavy atom. The maximum Gasteiger partial charge on any atom is 0.226 e. The van der Waals surface area contributed by atoms with Crippen LogP contribution in [0.25, 0.3) is 22.5 Å². The van der Waals surface area contributed by atoms with E-state index in [0.717, 1.165) is 5.69 Å². The molecule has 0 atom stereocenters. The van der Waals surface area contributed by atoms with Gasteiger partial charge in [-0.15, -0.1) is 0 Å². The van der Waals surface area contributed by atoms with Crippen LogP contribution in [0.2, 0.25) is 0 Å². The van der Waals surface area contributed by atoms with E-state index in [1.165, 1.54) is 18.5 Å². The summed E-state index contributed by atoms with van der Waals surface area (Å²) in [4.78, 5) is 21.2. The summed E-state index contributed by atoms with van der Waals surface area (Å²) in [6, 6.07) is 7.77. The largest absolute Gasteiger partial charge is 0.311 e. The van der Waals surface area contributed by atoms with E-state index in [1.807, 2.05) is 27.7 Å².